The van der Waals surface area contributed by atoms with Crippen LogP contribution in [0.1, 0.15) is 54.9 Å². The molecule has 1 amide bonds. The maximum absolute atomic E-state index is 12.8. The molecule has 1 saturated heterocycles. The molecule has 3 rings (SSSR count). The normalized spacial score (nSPS) is 20.0. The third-order valence-electron chi connectivity index (χ3n) is 6.34. The first-order valence-corrected chi connectivity index (χ1v) is 10.9. The first kappa shape index (κ1) is 22.3. The lowest BCUT2D eigenvalue weighted by atomic mass is 9.81. The van der Waals surface area contributed by atoms with E-state index in [-0.39, 0.29) is 5.91 Å². The van der Waals surface area contributed by atoms with Gasteiger partial charge in [-0.05, 0) is 31.9 Å². The van der Waals surface area contributed by atoms with Crippen molar-refractivity contribution in [1.82, 2.24) is 4.90 Å². The topological polar surface area (TPSA) is 84.1 Å². The molecule has 1 N–H and O–H groups in total. The van der Waals surface area contributed by atoms with Crippen LogP contribution >= 0.6 is 0 Å². The third kappa shape index (κ3) is 5.18. The number of nitrogens with zero attached hydrogens (tertiary/aromatic N) is 2. The molecule has 1 aromatic carbocycles. The van der Waals surface area contributed by atoms with Gasteiger partial charge in [0.2, 0.25) is 0 Å². The highest BCUT2D eigenvalue weighted by Gasteiger charge is 2.40. The van der Waals surface area contributed by atoms with Gasteiger partial charge in [-0.15, -0.1) is 0 Å². The second-order valence-electron chi connectivity index (χ2n) is 8.38. The average Bonchev–Trinajstić information content (AvgIpc) is 2.79. The molecule has 2 fully saturated rings. The molecule has 1 aliphatic heterocycles. The largest absolute Gasteiger partial charge is 0.449 e. The summed E-state index contributed by atoms with van der Waals surface area (Å²) in [5, 5.41) is 9.69. The van der Waals surface area contributed by atoms with Crippen molar-refractivity contribution in [3.05, 3.63) is 35.4 Å². The molecule has 0 aromatic heterocycles. The van der Waals surface area contributed by atoms with Crippen molar-refractivity contribution in [1.29, 1.82) is 5.26 Å². The first-order chi connectivity index (χ1) is 14.4. The molecular formula is C23H32N3O4+. The maximum Gasteiger partial charge on any atom is 0.338 e. The summed E-state index contributed by atoms with van der Waals surface area (Å²) in [5.74, 6) is -0.858. The van der Waals surface area contributed by atoms with Gasteiger partial charge < -0.3 is 19.3 Å². The molecular weight excluding hydrogens is 382 g/mol. The number of rotatable bonds is 6. The second kappa shape index (κ2) is 10.1. The van der Waals surface area contributed by atoms with Gasteiger partial charge in [0.1, 0.15) is 25.2 Å². The molecule has 1 aromatic rings. The number of hydrogen-bond acceptors (Lipinski definition) is 5. The van der Waals surface area contributed by atoms with Crippen molar-refractivity contribution in [2.45, 2.75) is 57.2 Å². The van der Waals surface area contributed by atoms with E-state index >= 15 is 0 Å². The van der Waals surface area contributed by atoms with E-state index < -0.39 is 17.6 Å². The van der Waals surface area contributed by atoms with Gasteiger partial charge in [-0.3, -0.25) is 4.79 Å². The lowest BCUT2D eigenvalue weighted by Gasteiger charge is -2.39. The zero-order chi connectivity index (χ0) is 21.6. The Morgan fingerprint density at radius 1 is 1.20 bits per heavy atom. The highest BCUT2D eigenvalue weighted by molar-refractivity contribution is 5.92. The fraction of sp³-hybridized carbons (Fsp3) is 0.609. The molecule has 162 valence electrons. The minimum absolute atomic E-state index is 0.334. The quantitative estimate of drug-likeness (QED) is 0.710. The van der Waals surface area contributed by atoms with Crippen molar-refractivity contribution < 1.29 is 24.0 Å². The van der Waals surface area contributed by atoms with Crippen LogP contribution in [0.4, 0.5) is 0 Å². The van der Waals surface area contributed by atoms with Crippen LogP contribution in [0.2, 0.25) is 0 Å². The van der Waals surface area contributed by atoms with Crippen LogP contribution in [0.3, 0.4) is 0 Å². The number of hydrogen-bond donors (Lipinski definition) is 1. The van der Waals surface area contributed by atoms with Gasteiger partial charge in [-0.25, -0.2) is 4.79 Å². The Morgan fingerprint density at radius 2 is 1.83 bits per heavy atom. The van der Waals surface area contributed by atoms with Crippen molar-refractivity contribution in [3.8, 4) is 6.07 Å². The van der Waals surface area contributed by atoms with Crippen molar-refractivity contribution in [3.63, 3.8) is 0 Å². The van der Waals surface area contributed by atoms with Crippen LogP contribution in [0, 0.1) is 11.3 Å². The molecule has 0 radical (unpaired) electrons. The number of amides is 1. The molecule has 0 unspecified atom stereocenters. The summed E-state index contributed by atoms with van der Waals surface area (Å²) in [4.78, 5) is 28.3. The molecule has 7 heteroatoms. The Morgan fingerprint density at radius 3 is 2.43 bits per heavy atom. The molecule has 1 heterocycles. The number of likely N-dealkylation sites (N-methyl/N-ethyl adjacent to an activating group) is 1. The highest BCUT2D eigenvalue weighted by Crippen LogP contribution is 2.33. The SMILES string of the molecule is C[C@H](OC(=O)c1ccc(C[NH+]2CCOCC2)cc1)C(=O)N(C)C1(C#N)CCCCC1. The van der Waals surface area contributed by atoms with Gasteiger partial charge in [-0.1, -0.05) is 31.4 Å². The maximum atomic E-state index is 12.8. The summed E-state index contributed by atoms with van der Waals surface area (Å²) >= 11 is 0. The second-order valence-corrected chi connectivity index (χ2v) is 8.38. The molecule has 0 spiro atoms. The molecule has 1 aliphatic carbocycles. The van der Waals surface area contributed by atoms with Crippen molar-refractivity contribution in [2.75, 3.05) is 33.4 Å². The smallest absolute Gasteiger partial charge is 0.338 e. The van der Waals surface area contributed by atoms with E-state index in [1.54, 1.807) is 26.1 Å². The summed E-state index contributed by atoms with van der Waals surface area (Å²) in [5.41, 5.74) is 0.783. The predicted octanol–water partition coefficient (Wildman–Crippen LogP) is 1.33. The predicted molar refractivity (Wildman–Crippen MR) is 111 cm³/mol. The fourth-order valence-electron chi connectivity index (χ4n) is 4.31. The van der Waals surface area contributed by atoms with E-state index in [9.17, 15) is 14.9 Å². The van der Waals surface area contributed by atoms with E-state index in [4.69, 9.17) is 9.47 Å². The molecule has 1 saturated carbocycles. The Hall–Kier alpha value is -2.43. The van der Waals surface area contributed by atoms with E-state index in [0.29, 0.717) is 18.4 Å². The number of carbonyl (C=O) groups is 2. The van der Waals surface area contributed by atoms with Gasteiger partial charge in [-0.2, -0.15) is 5.26 Å². The summed E-state index contributed by atoms with van der Waals surface area (Å²) in [6.45, 7) is 6.01. The standard InChI is InChI=1S/C23H31N3O4/c1-18(21(27)25(2)23(17-24)10-4-3-5-11-23)30-22(28)20-8-6-19(7-9-20)16-26-12-14-29-15-13-26/h6-9,18H,3-5,10-16H2,1-2H3/p+1/t18-/m0/s1. The van der Waals surface area contributed by atoms with Crippen molar-refractivity contribution >= 4 is 11.9 Å². The minimum atomic E-state index is -0.938. The lowest BCUT2D eigenvalue weighted by Crippen LogP contribution is -3.12. The van der Waals surface area contributed by atoms with E-state index in [0.717, 1.165) is 57.7 Å². The van der Waals surface area contributed by atoms with Crippen LogP contribution in [0.5, 0.6) is 0 Å². The van der Waals surface area contributed by atoms with Gasteiger partial charge in [0.15, 0.2) is 6.10 Å². The number of morpholine rings is 1. The Bertz CT molecular complexity index is 775. The van der Waals surface area contributed by atoms with Crippen molar-refractivity contribution in [2.24, 2.45) is 0 Å². The number of quaternary nitrogens is 1. The fourth-order valence-corrected chi connectivity index (χ4v) is 4.31. The van der Waals surface area contributed by atoms with Gasteiger partial charge in [0.25, 0.3) is 5.91 Å². The van der Waals surface area contributed by atoms with Gasteiger partial charge >= 0.3 is 5.97 Å². The number of ether oxygens (including phenoxy) is 2. The third-order valence-corrected chi connectivity index (χ3v) is 6.34. The van der Waals surface area contributed by atoms with E-state index in [2.05, 4.69) is 6.07 Å². The Balaban J connectivity index is 1.56. The summed E-state index contributed by atoms with van der Waals surface area (Å²) in [7, 11) is 1.64. The number of benzene rings is 1. The highest BCUT2D eigenvalue weighted by atomic mass is 16.5. The van der Waals surface area contributed by atoms with Crippen LogP contribution in [0.25, 0.3) is 0 Å². The van der Waals surface area contributed by atoms with Crippen LogP contribution < -0.4 is 4.90 Å². The number of nitrogens with one attached hydrogen (secondary N) is 1. The summed E-state index contributed by atoms with van der Waals surface area (Å²) in [6, 6.07) is 9.69. The van der Waals surface area contributed by atoms with Crippen LogP contribution in [0.15, 0.2) is 24.3 Å². The number of nitriles is 1. The Kier molecular flexibility index (Phi) is 7.46. The van der Waals surface area contributed by atoms with Crippen LogP contribution in [-0.2, 0) is 20.8 Å². The van der Waals surface area contributed by atoms with E-state index in [1.807, 2.05) is 12.1 Å². The molecule has 30 heavy (non-hydrogen) atoms. The van der Waals surface area contributed by atoms with Gasteiger partial charge in [0, 0.05) is 12.6 Å². The monoisotopic (exact) mass is 414 g/mol. The first-order valence-electron chi connectivity index (χ1n) is 10.9. The lowest BCUT2D eigenvalue weighted by molar-refractivity contribution is -0.921. The van der Waals surface area contributed by atoms with E-state index in [1.165, 1.54) is 9.80 Å². The number of esters is 1. The average molecular weight is 415 g/mol. The molecule has 1 atom stereocenters. The minimum Gasteiger partial charge on any atom is -0.449 e. The molecule has 0 bridgehead atoms. The summed E-state index contributed by atoms with van der Waals surface area (Å²) in [6.07, 6.45) is 3.33. The zero-order valence-corrected chi connectivity index (χ0v) is 18.0. The van der Waals surface area contributed by atoms with Gasteiger partial charge in [0.05, 0.1) is 24.8 Å². The summed E-state index contributed by atoms with van der Waals surface area (Å²) < 4.78 is 10.8. The zero-order valence-electron chi connectivity index (χ0n) is 18.0. The number of carbonyl (C=O) groups excluding carboxylic acids is 2. The Labute approximate surface area is 178 Å². The van der Waals surface area contributed by atoms with Crippen LogP contribution in [-0.4, -0.2) is 61.8 Å². The molecule has 2 aliphatic rings. The molecule has 7 nitrogen and oxygen atoms in total.